The van der Waals surface area contributed by atoms with Crippen LogP contribution >= 0.6 is 11.3 Å². The Labute approximate surface area is 216 Å². The van der Waals surface area contributed by atoms with E-state index in [1.54, 1.807) is 29.5 Å². The number of fused-ring (bicyclic) bond motifs is 2. The van der Waals surface area contributed by atoms with Gasteiger partial charge < -0.3 is 10.3 Å². The zero-order chi connectivity index (χ0) is 25.6. The molecule has 2 aromatic heterocycles. The van der Waals surface area contributed by atoms with E-state index in [4.69, 9.17) is 16.5 Å². The number of thiazole rings is 1. The molecule has 0 spiro atoms. The first-order valence-corrected chi connectivity index (χ1v) is 13.9. The average Bonchev–Trinajstić information content (AvgIpc) is 3.57. The summed E-state index contributed by atoms with van der Waals surface area (Å²) < 4.78 is 27.9. The van der Waals surface area contributed by atoms with Gasteiger partial charge in [0.25, 0.3) is 0 Å². The van der Waals surface area contributed by atoms with Gasteiger partial charge in [-0.1, -0.05) is 59.4 Å². The van der Waals surface area contributed by atoms with Crippen molar-refractivity contribution in [2.24, 2.45) is 0 Å². The van der Waals surface area contributed by atoms with Crippen LogP contribution in [0.25, 0.3) is 26.1 Å². The van der Waals surface area contributed by atoms with Gasteiger partial charge in [-0.2, -0.15) is 0 Å². The van der Waals surface area contributed by atoms with Gasteiger partial charge in [0, 0.05) is 6.42 Å². The number of nitrogens with one attached hydrogen (secondary N) is 3. The number of hydrogen-bond donors (Lipinski definition) is 3. The van der Waals surface area contributed by atoms with E-state index in [1.807, 2.05) is 53.3 Å². The summed E-state index contributed by atoms with van der Waals surface area (Å²) in [5, 5.41) is 3.19. The maximum atomic E-state index is 12.4. The predicted octanol–water partition coefficient (Wildman–Crippen LogP) is 5.01. The third kappa shape index (κ3) is 4.41. The normalized spacial score (nSPS) is 17.5. The molecule has 1 amide bonds. The number of benzene rings is 3. The number of amides is 1. The van der Waals surface area contributed by atoms with E-state index in [0.29, 0.717) is 12.0 Å². The van der Waals surface area contributed by atoms with Crippen molar-refractivity contribution >= 4 is 59.3 Å². The fraction of sp³-hybridized carbons (Fsp3) is 0.154. The number of H-pyrrole nitrogens is 1. The molecule has 1 saturated heterocycles. The van der Waals surface area contributed by atoms with Gasteiger partial charge in [0.1, 0.15) is 11.1 Å². The molecule has 1 aliphatic rings. The summed E-state index contributed by atoms with van der Waals surface area (Å²) in [7, 11) is -3.85. The molecule has 0 aliphatic carbocycles. The van der Waals surface area contributed by atoms with Crippen LogP contribution in [0.5, 0.6) is 0 Å². The minimum Gasteiger partial charge on any atom is -0.351 e. The smallest absolute Gasteiger partial charge is 0.241 e. The topological polar surface area (TPSA) is 121 Å². The lowest BCUT2D eigenvalue weighted by atomic mass is 10.00. The first kappa shape index (κ1) is 23.1. The van der Waals surface area contributed by atoms with Crippen LogP contribution in [0.4, 0.5) is 10.8 Å². The third-order valence-corrected chi connectivity index (χ3v) is 8.98. The fourth-order valence-electron chi connectivity index (χ4n) is 4.58. The second kappa shape index (κ2) is 8.99. The minimum atomic E-state index is -3.85. The summed E-state index contributed by atoms with van der Waals surface area (Å²) in [4.78, 5) is 28.2. The number of hydrogen-bond acceptors (Lipinski definition) is 7. The van der Waals surface area contributed by atoms with Crippen molar-refractivity contribution in [1.29, 1.82) is 0 Å². The lowest BCUT2D eigenvalue weighted by Gasteiger charge is -2.18. The number of nitrogens with zero attached hydrogens (tertiary/aromatic N) is 3. The molecule has 184 valence electrons. The van der Waals surface area contributed by atoms with Crippen LogP contribution < -0.4 is 10.0 Å². The Morgan fingerprint density at radius 2 is 1.86 bits per heavy atom. The van der Waals surface area contributed by atoms with Crippen molar-refractivity contribution in [3.8, 4) is 0 Å². The summed E-state index contributed by atoms with van der Waals surface area (Å²) in [5.74, 6) is 0.164. The van der Waals surface area contributed by atoms with Gasteiger partial charge in [0.05, 0.1) is 33.9 Å². The monoisotopic (exact) mass is 528 g/mol. The maximum Gasteiger partial charge on any atom is 0.241 e. The van der Waals surface area contributed by atoms with Crippen LogP contribution in [0.1, 0.15) is 34.7 Å². The molecule has 3 heterocycles. The highest BCUT2D eigenvalue weighted by atomic mass is 32.2. The number of para-hydroxylation sites is 3. The Kier molecular flexibility index (Phi) is 5.62. The van der Waals surface area contributed by atoms with Crippen molar-refractivity contribution < 1.29 is 13.2 Å². The van der Waals surface area contributed by atoms with Crippen LogP contribution in [0.2, 0.25) is 0 Å². The van der Waals surface area contributed by atoms with Gasteiger partial charge in [-0.15, -0.1) is 0 Å². The number of carbonyl (C=O) groups is 1. The van der Waals surface area contributed by atoms with Crippen molar-refractivity contribution in [3.05, 3.63) is 95.1 Å². The molecular formula is C26H20N6O3S2. The largest absolute Gasteiger partial charge is 0.351 e. The van der Waals surface area contributed by atoms with Crippen molar-refractivity contribution in [2.75, 3.05) is 5.32 Å². The molecule has 3 N–H and O–H groups in total. The highest BCUT2D eigenvalue weighted by molar-refractivity contribution is 7.90. The Bertz CT molecular complexity index is 1750. The molecule has 3 aromatic carbocycles. The second-order valence-electron chi connectivity index (χ2n) is 8.79. The molecule has 0 saturated carbocycles. The van der Waals surface area contributed by atoms with Gasteiger partial charge in [-0.25, -0.2) is 23.2 Å². The molecule has 2 atom stereocenters. The summed E-state index contributed by atoms with van der Waals surface area (Å²) in [6, 6.07) is 20.5. The van der Waals surface area contributed by atoms with Crippen molar-refractivity contribution in [3.63, 3.8) is 0 Å². The maximum absolute atomic E-state index is 12.4. The quantitative estimate of drug-likeness (QED) is 0.267. The molecule has 9 nitrogen and oxygen atoms in total. The Morgan fingerprint density at radius 1 is 1.08 bits per heavy atom. The molecule has 37 heavy (non-hydrogen) atoms. The van der Waals surface area contributed by atoms with E-state index in [0.717, 1.165) is 37.8 Å². The first-order valence-electron chi connectivity index (χ1n) is 11.5. The number of aromatic amines is 1. The Hall–Kier alpha value is -4.27. The van der Waals surface area contributed by atoms with Gasteiger partial charge in [-0.05, 0) is 36.2 Å². The lowest BCUT2D eigenvalue weighted by Crippen LogP contribution is -2.21. The predicted molar refractivity (Wildman–Crippen MR) is 143 cm³/mol. The van der Waals surface area contributed by atoms with Gasteiger partial charge in [-0.3, -0.25) is 9.52 Å². The van der Waals surface area contributed by atoms with Crippen LogP contribution in [-0.2, 0) is 21.2 Å². The van der Waals surface area contributed by atoms with Crippen molar-refractivity contribution in [1.82, 2.24) is 19.7 Å². The molecule has 0 radical (unpaired) electrons. The molecule has 1 aliphatic heterocycles. The van der Waals surface area contributed by atoms with E-state index in [1.165, 1.54) is 0 Å². The zero-order valence-electron chi connectivity index (χ0n) is 19.3. The Balaban J connectivity index is 1.36. The summed E-state index contributed by atoms with van der Waals surface area (Å²) in [5.41, 5.74) is 4.02. The van der Waals surface area contributed by atoms with E-state index in [-0.39, 0.29) is 18.2 Å². The molecule has 0 bridgehead atoms. The molecule has 5 aromatic rings. The van der Waals surface area contributed by atoms with E-state index < -0.39 is 21.2 Å². The van der Waals surface area contributed by atoms with Crippen LogP contribution in [0, 0.1) is 6.57 Å². The number of carbonyl (C=O) groups excluding carboxylic acids is 1. The van der Waals surface area contributed by atoms with E-state index in [2.05, 4.69) is 15.1 Å². The third-order valence-electron chi connectivity index (χ3n) is 6.33. The van der Waals surface area contributed by atoms with Crippen LogP contribution in [0.3, 0.4) is 0 Å². The highest BCUT2D eigenvalue weighted by Gasteiger charge is 2.39. The standard InChI is InChI=1S/C26H20N6O3S2/c1-27-20-12-15(10-11-16(20)23-14-24(33)32-37(23,34)35)13-21(25-28-17-6-2-3-7-18(17)29-25)31-26-30-19-8-4-5-9-22(19)36-26/h2-12,21,23H,13-14H2,(H,28,29)(H,30,31)(H,32,33)/t21-,23?/m0/s1. The average molecular weight is 529 g/mol. The van der Waals surface area contributed by atoms with Gasteiger partial charge in [0.2, 0.25) is 15.9 Å². The fourth-order valence-corrected chi connectivity index (χ4v) is 6.95. The van der Waals surface area contributed by atoms with Crippen LogP contribution in [0.15, 0.2) is 66.7 Å². The minimum absolute atomic E-state index is 0.190. The zero-order valence-corrected chi connectivity index (χ0v) is 20.9. The second-order valence-corrected chi connectivity index (χ2v) is 11.7. The molecular weight excluding hydrogens is 508 g/mol. The van der Waals surface area contributed by atoms with E-state index in [9.17, 15) is 13.2 Å². The summed E-state index contributed by atoms with van der Waals surface area (Å²) in [6.07, 6.45) is 0.276. The molecule has 1 fully saturated rings. The van der Waals surface area contributed by atoms with E-state index >= 15 is 0 Å². The molecule has 6 rings (SSSR count). The summed E-state index contributed by atoms with van der Waals surface area (Å²) >= 11 is 1.55. The number of aromatic nitrogens is 3. The SMILES string of the molecule is [C-]#[N+]c1cc(C[C@H](Nc2nc3ccccc3s2)c2nc3ccccc3[nH]2)ccc1C1CC(=O)NS1(=O)=O. The number of anilines is 1. The first-order chi connectivity index (χ1) is 17.9. The van der Waals surface area contributed by atoms with Gasteiger partial charge in [0.15, 0.2) is 10.8 Å². The number of sulfonamides is 1. The van der Waals surface area contributed by atoms with Crippen molar-refractivity contribution in [2.45, 2.75) is 24.1 Å². The Morgan fingerprint density at radius 3 is 2.59 bits per heavy atom. The molecule has 1 unspecified atom stereocenters. The number of imidazole rings is 1. The summed E-state index contributed by atoms with van der Waals surface area (Å²) in [6.45, 7) is 7.67. The molecule has 11 heteroatoms. The number of rotatable bonds is 6. The highest BCUT2D eigenvalue weighted by Crippen LogP contribution is 2.38. The van der Waals surface area contributed by atoms with Gasteiger partial charge >= 0.3 is 0 Å². The lowest BCUT2D eigenvalue weighted by molar-refractivity contribution is -0.118. The van der Waals surface area contributed by atoms with Crippen LogP contribution in [-0.4, -0.2) is 29.3 Å².